The monoisotopic (exact) mass is 270 g/mol. The summed E-state index contributed by atoms with van der Waals surface area (Å²) in [6.07, 6.45) is 1.81. The normalized spacial score (nSPS) is 19.7. The number of aryl methyl sites for hydroxylation is 1. The Morgan fingerprint density at radius 1 is 1.67 bits per heavy atom. The number of rotatable bonds is 5. The van der Waals surface area contributed by atoms with Crippen LogP contribution in [0.1, 0.15) is 28.7 Å². The van der Waals surface area contributed by atoms with Crippen LogP contribution in [0.4, 0.5) is 0 Å². The first kappa shape index (κ1) is 13.4. The van der Waals surface area contributed by atoms with E-state index in [9.17, 15) is 4.79 Å². The number of morpholine rings is 1. The van der Waals surface area contributed by atoms with Crippen LogP contribution in [0.2, 0.25) is 0 Å². The molecule has 0 spiro atoms. The lowest BCUT2D eigenvalue weighted by Gasteiger charge is -2.23. The average molecular weight is 270 g/mol. The van der Waals surface area contributed by atoms with Gasteiger partial charge in [0, 0.05) is 19.6 Å². The standard InChI is InChI=1S/C11H18N4O2S/c1-2-3-9-10(18-15-14-9)11(16)13-7-8-6-12-4-5-17-8/h8,12H,2-7H2,1H3,(H,13,16). The summed E-state index contributed by atoms with van der Waals surface area (Å²) in [7, 11) is 0. The fourth-order valence-corrected chi connectivity index (χ4v) is 2.44. The van der Waals surface area contributed by atoms with Crippen LogP contribution in [-0.4, -0.2) is 47.8 Å². The topological polar surface area (TPSA) is 76.1 Å². The molecular weight excluding hydrogens is 252 g/mol. The second-order valence-electron chi connectivity index (χ2n) is 4.21. The maximum Gasteiger partial charge on any atom is 0.265 e. The van der Waals surface area contributed by atoms with Crippen LogP contribution in [0.25, 0.3) is 0 Å². The predicted molar refractivity (Wildman–Crippen MR) is 68.8 cm³/mol. The highest BCUT2D eigenvalue weighted by atomic mass is 32.1. The highest BCUT2D eigenvalue weighted by Crippen LogP contribution is 2.12. The third-order valence-corrected chi connectivity index (χ3v) is 3.51. The van der Waals surface area contributed by atoms with Crippen LogP contribution in [0.3, 0.4) is 0 Å². The number of amides is 1. The Morgan fingerprint density at radius 2 is 2.56 bits per heavy atom. The summed E-state index contributed by atoms with van der Waals surface area (Å²) in [6, 6.07) is 0. The molecule has 1 aliphatic rings. The van der Waals surface area contributed by atoms with Gasteiger partial charge in [0.2, 0.25) is 0 Å². The van der Waals surface area contributed by atoms with Crippen molar-refractivity contribution in [3.8, 4) is 0 Å². The Bertz CT molecular complexity index is 390. The maximum absolute atomic E-state index is 12.0. The predicted octanol–water partition coefficient (Wildman–Crippen LogP) is 0.209. The summed E-state index contributed by atoms with van der Waals surface area (Å²) in [4.78, 5) is 12.6. The van der Waals surface area contributed by atoms with Gasteiger partial charge in [0.1, 0.15) is 4.88 Å². The van der Waals surface area contributed by atoms with Crippen molar-refractivity contribution in [3.05, 3.63) is 10.6 Å². The Kier molecular flexibility index (Phi) is 5.03. The molecule has 1 saturated heterocycles. The minimum atomic E-state index is -0.0948. The van der Waals surface area contributed by atoms with Crippen molar-refractivity contribution < 1.29 is 9.53 Å². The number of carbonyl (C=O) groups excluding carboxylic acids is 1. The minimum absolute atomic E-state index is 0.0539. The van der Waals surface area contributed by atoms with Gasteiger partial charge in [0.05, 0.1) is 18.4 Å². The molecule has 1 aromatic rings. The van der Waals surface area contributed by atoms with Gasteiger partial charge in [-0.05, 0) is 18.0 Å². The first-order valence-electron chi connectivity index (χ1n) is 6.23. The van der Waals surface area contributed by atoms with Crippen molar-refractivity contribution >= 4 is 17.4 Å². The fourth-order valence-electron chi connectivity index (χ4n) is 1.82. The van der Waals surface area contributed by atoms with E-state index in [1.807, 2.05) is 0 Å². The summed E-state index contributed by atoms with van der Waals surface area (Å²) < 4.78 is 9.36. The second-order valence-corrected chi connectivity index (χ2v) is 4.96. The van der Waals surface area contributed by atoms with E-state index >= 15 is 0 Å². The second kappa shape index (κ2) is 6.77. The smallest absolute Gasteiger partial charge is 0.265 e. The summed E-state index contributed by atoms with van der Waals surface area (Å²) in [5, 5.41) is 10.1. The van der Waals surface area contributed by atoms with Gasteiger partial charge in [-0.2, -0.15) is 0 Å². The third kappa shape index (κ3) is 3.47. The molecular formula is C11H18N4O2S. The van der Waals surface area contributed by atoms with Crippen LogP contribution >= 0.6 is 11.5 Å². The molecule has 1 aliphatic heterocycles. The Labute approximate surface area is 110 Å². The number of carbonyl (C=O) groups is 1. The molecule has 0 radical (unpaired) electrons. The molecule has 0 aliphatic carbocycles. The van der Waals surface area contributed by atoms with Crippen molar-refractivity contribution in [1.82, 2.24) is 20.2 Å². The molecule has 1 unspecified atom stereocenters. The molecule has 1 atom stereocenters. The van der Waals surface area contributed by atoms with E-state index < -0.39 is 0 Å². The number of nitrogens with one attached hydrogen (secondary N) is 2. The van der Waals surface area contributed by atoms with Crippen LogP contribution < -0.4 is 10.6 Å². The van der Waals surface area contributed by atoms with E-state index in [1.54, 1.807) is 0 Å². The van der Waals surface area contributed by atoms with E-state index in [0.717, 1.165) is 43.2 Å². The highest BCUT2D eigenvalue weighted by Gasteiger charge is 2.18. The Hall–Kier alpha value is -1.05. The molecule has 18 heavy (non-hydrogen) atoms. The average Bonchev–Trinajstić information content (AvgIpc) is 2.86. The summed E-state index contributed by atoms with van der Waals surface area (Å²) in [5.41, 5.74) is 0.794. The zero-order valence-corrected chi connectivity index (χ0v) is 11.3. The van der Waals surface area contributed by atoms with Gasteiger partial charge in [-0.15, -0.1) is 5.10 Å². The number of aromatic nitrogens is 2. The molecule has 7 heteroatoms. The van der Waals surface area contributed by atoms with Gasteiger partial charge in [-0.3, -0.25) is 4.79 Å². The van der Waals surface area contributed by atoms with E-state index in [0.29, 0.717) is 18.0 Å². The molecule has 0 bridgehead atoms. The van der Waals surface area contributed by atoms with Crippen molar-refractivity contribution in [2.45, 2.75) is 25.9 Å². The van der Waals surface area contributed by atoms with Gasteiger partial charge in [-0.1, -0.05) is 17.8 Å². The van der Waals surface area contributed by atoms with Crippen molar-refractivity contribution in [3.63, 3.8) is 0 Å². The zero-order chi connectivity index (χ0) is 12.8. The summed E-state index contributed by atoms with van der Waals surface area (Å²) in [6.45, 7) is 4.94. The number of nitrogens with zero attached hydrogens (tertiary/aromatic N) is 2. The molecule has 0 saturated carbocycles. The summed E-state index contributed by atoms with van der Waals surface area (Å²) >= 11 is 1.15. The third-order valence-electron chi connectivity index (χ3n) is 2.74. The summed E-state index contributed by atoms with van der Waals surface area (Å²) in [5.74, 6) is -0.0948. The van der Waals surface area contributed by atoms with Crippen LogP contribution in [0, 0.1) is 0 Å². The quantitative estimate of drug-likeness (QED) is 0.800. The lowest BCUT2D eigenvalue weighted by atomic mass is 10.2. The molecule has 1 fully saturated rings. The van der Waals surface area contributed by atoms with Crippen LogP contribution in [-0.2, 0) is 11.2 Å². The zero-order valence-electron chi connectivity index (χ0n) is 10.4. The lowest BCUT2D eigenvalue weighted by molar-refractivity contribution is 0.0287. The number of ether oxygens (including phenoxy) is 1. The molecule has 1 amide bonds. The molecule has 2 N–H and O–H groups in total. The van der Waals surface area contributed by atoms with E-state index in [-0.39, 0.29) is 12.0 Å². The van der Waals surface area contributed by atoms with Crippen molar-refractivity contribution in [2.75, 3.05) is 26.2 Å². The maximum atomic E-state index is 12.0. The molecule has 0 aromatic carbocycles. The SMILES string of the molecule is CCCc1nnsc1C(=O)NCC1CNCCO1. The first-order valence-corrected chi connectivity index (χ1v) is 7.00. The number of hydrogen-bond acceptors (Lipinski definition) is 6. The van der Waals surface area contributed by atoms with Gasteiger partial charge in [-0.25, -0.2) is 0 Å². The lowest BCUT2D eigenvalue weighted by Crippen LogP contribution is -2.45. The van der Waals surface area contributed by atoms with Gasteiger partial charge < -0.3 is 15.4 Å². The largest absolute Gasteiger partial charge is 0.374 e. The van der Waals surface area contributed by atoms with Gasteiger partial charge in [0.15, 0.2) is 0 Å². The van der Waals surface area contributed by atoms with Crippen LogP contribution in [0.15, 0.2) is 0 Å². The van der Waals surface area contributed by atoms with E-state index in [1.165, 1.54) is 0 Å². The Morgan fingerprint density at radius 3 is 3.28 bits per heavy atom. The van der Waals surface area contributed by atoms with E-state index in [2.05, 4.69) is 27.1 Å². The van der Waals surface area contributed by atoms with Crippen LogP contribution in [0.5, 0.6) is 0 Å². The molecule has 100 valence electrons. The highest BCUT2D eigenvalue weighted by molar-refractivity contribution is 7.08. The van der Waals surface area contributed by atoms with Gasteiger partial charge >= 0.3 is 0 Å². The molecule has 2 heterocycles. The first-order chi connectivity index (χ1) is 8.81. The van der Waals surface area contributed by atoms with Gasteiger partial charge in [0.25, 0.3) is 5.91 Å². The molecule has 6 nitrogen and oxygen atoms in total. The Balaban J connectivity index is 1.84. The van der Waals surface area contributed by atoms with E-state index in [4.69, 9.17) is 4.74 Å². The number of hydrogen-bond donors (Lipinski definition) is 2. The fraction of sp³-hybridized carbons (Fsp3) is 0.727. The molecule has 1 aromatic heterocycles. The minimum Gasteiger partial charge on any atom is -0.374 e. The molecule has 2 rings (SSSR count). The van der Waals surface area contributed by atoms with Crippen molar-refractivity contribution in [2.24, 2.45) is 0 Å². The van der Waals surface area contributed by atoms with Crippen molar-refractivity contribution in [1.29, 1.82) is 0 Å².